The SMILES string of the molecule is Cc1[nH]c2ccc(F)cc2c1C(=O)C(=O)O. The third kappa shape index (κ3) is 1.46. The van der Waals surface area contributed by atoms with Gasteiger partial charge in [-0.25, -0.2) is 9.18 Å². The Kier molecular flexibility index (Phi) is 2.23. The predicted molar refractivity (Wildman–Crippen MR) is 55.0 cm³/mol. The van der Waals surface area contributed by atoms with Crippen LogP contribution in [0.1, 0.15) is 16.1 Å². The second-order valence-corrected chi connectivity index (χ2v) is 3.45. The van der Waals surface area contributed by atoms with E-state index in [1.54, 1.807) is 6.92 Å². The molecule has 5 heteroatoms. The second kappa shape index (κ2) is 3.44. The van der Waals surface area contributed by atoms with Gasteiger partial charge in [0.1, 0.15) is 5.82 Å². The van der Waals surface area contributed by atoms with E-state index in [4.69, 9.17) is 5.11 Å². The van der Waals surface area contributed by atoms with Crippen molar-refractivity contribution in [3.05, 3.63) is 35.3 Å². The number of aromatic nitrogens is 1. The largest absolute Gasteiger partial charge is 0.475 e. The zero-order valence-corrected chi connectivity index (χ0v) is 8.37. The number of aromatic amines is 1. The van der Waals surface area contributed by atoms with Crippen LogP contribution in [0.4, 0.5) is 4.39 Å². The zero-order chi connectivity index (χ0) is 11.9. The van der Waals surface area contributed by atoms with Gasteiger partial charge in [-0.3, -0.25) is 4.79 Å². The highest BCUT2D eigenvalue weighted by atomic mass is 19.1. The monoisotopic (exact) mass is 221 g/mol. The molecule has 82 valence electrons. The van der Waals surface area contributed by atoms with E-state index in [2.05, 4.69) is 4.98 Å². The number of aliphatic carboxylic acids is 1. The molecule has 0 saturated carbocycles. The first kappa shape index (κ1) is 10.4. The number of Topliss-reactive ketones (excluding diaryl/α,β-unsaturated/α-hetero) is 1. The summed E-state index contributed by atoms with van der Waals surface area (Å²) in [5.41, 5.74) is 0.985. The van der Waals surface area contributed by atoms with Crippen LogP contribution in [0.5, 0.6) is 0 Å². The van der Waals surface area contributed by atoms with Gasteiger partial charge in [-0.2, -0.15) is 0 Å². The van der Waals surface area contributed by atoms with E-state index in [1.807, 2.05) is 0 Å². The molecular weight excluding hydrogens is 213 g/mol. The molecule has 0 saturated heterocycles. The first-order valence-corrected chi connectivity index (χ1v) is 4.56. The highest BCUT2D eigenvalue weighted by Crippen LogP contribution is 2.23. The summed E-state index contributed by atoms with van der Waals surface area (Å²) in [6, 6.07) is 3.86. The highest BCUT2D eigenvalue weighted by molar-refractivity contribution is 6.42. The molecule has 0 aliphatic heterocycles. The van der Waals surface area contributed by atoms with Crippen LogP contribution < -0.4 is 0 Å². The van der Waals surface area contributed by atoms with Crippen molar-refractivity contribution in [2.45, 2.75) is 6.92 Å². The fraction of sp³-hybridized carbons (Fsp3) is 0.0909. The minimum atomic E-state index is -1.55. The van der Waals surface area contributed by atoms with Gasteiger partial charge < -0.3 is 10.1 Å². The molecule has 0 unspecified atom stereocenters. The number of H-pyrrole nitrogens is 1. The van der Waals surface area contributed by atoms with Crippen LogP contribution in [0, 0.1) is 12.7 Å². The number of hydrogen-bond donors (Lipinski definition) is 2. The van der Waals surface area contributed by atoms with Gasteiger partial charge in [0.05, 0.1) is 5.56 Å². The molecule has 2 aromatic rings. The normalized spacial score (nSPS) is 10.6. The Morgan fingerprint density at radius 1 is 1.38 bits per heavy atom. The van der Waals surface area contributed by atoms with Gasteiger partial charge in [0.15, 0.2) is 0 Å². The third-order valence-electron chi connectivity index (χ3n) is 2.37. The van der Waals surface area contributed by atoms with E-state index >= 15 is 0 Å². The maximum absolute atomic E-state index is 13.0. The van der Waals surface area contributed by atoms with E-state index in [9.17, 15) is 14.0 Å². The summed E-state index contributed by atoms with van der Waals surface area (Å²) in [6.45, 7) is 1.58. The number of carboxylic acids is 1. The zero-order valence-electron chi connectivity index (χ0n) is 8.37. The van der Waals surface area contributed by atoms with Gasteiger partial charge >= 0.3 is 5.97 Å². The molecule has 1 heterocycles. The molecule has 0 spiro atoms. The summed E-state index contributed by atoms with van der Waals surface area (Å²) in [7, 11) is 0. The molecule has 2 N–H and O–H groups in total. The van der Waals surface area contributed by atoms with Crippen molar-refractivity contribution >= 4 is 22.7 Å². The van der Waals surface area contributed by atoms with E-state index in [-0.39, 0.29) is 5.56 Å². The van der Waals surface area contributed by atoms with Crippen molar-refractivity contribution in [2.24, 2.45) is 0 Å². The van der Waals surface area contributed by atoms with Gasteiger partial charge in [-0.1, -0.05) is 0 Å². The van der Waals surface area contributed by atoms with Gasteiger partial charge in [0.2, 0.25) is 0 Å². The molecule has 4 nitrogen and oxygen atoms in total. The first-order valence-electron chi connectivity index (χ1n) is 4.56. The van der Waals surface area contributed by atoms with Crippen molar-refractivity contribution < 1.29 is 19.1 Å². The van der Waals surface area contributed by atoms with Crippen LogP contribution in [-0.4, -0.2) is 21.8 Å². The fourth-order valence-electron chi connectivity index (χ4n) is 1.70. The second-order valence-electron chi connectivity index (χ2n) is 3.45. The molecule has 0 radical (unpaired) electrons. The summed E-state index contributed by atoms with van der Waals surface area (Å²) >= 11 is 0. The fourth-order valence-corrected chi connectivity index (χ4v) is 1.70. The number of halogens is 1. The maximum Gasteiger partial charge on any atom is 0.377 e. The summed E-state index contributed by atoms with van der Waals surface area (Å²) in [6.07, 6.45) is 0. The molecule has 0 amide bonds. The number of carbonyl (C=O) groups excluding carboxylic acids is 1. The number of carboxylic acid groups (broad SMARTS) is 1. The van der Waals surface area contributed by atoms with Crippen LogP contribution in [0.3, 0.4) is 0 Å². The Morgan fingerprint density at radius 2 is 2.06 bits per heavy atom. The van der Waals surface area contributed by atoms with Gasteiger partial charge in [-0.05, 0) is 25.1 Å². The standard InChI is InChI=1S/C11H8FNO3/c1-5-9(10(14)11(15)16)7-4-6(12)2-3-8(7)13-5/h2-4,13H,1H3,(H,15,16). The lowest BCUT2D eigenvalue weighted by Crippen LogP contribution is -2.13. The Hall–Kier alpha value is -2.17. The number of carbonyl (C=O) groups is 2. The molecule has 0 fully saturated rings. The molecular formula is C11H8FNO3. The summed E-state index contributed by atoms with van der Waals surface area (Å²) in [5.74, 6) is -3.09. The van der Waals surface area contributed by atoms with Crippen molar-refractivity contribution in [3.8, 4) is 0 Å². The molecule has 2 rings (SSSR count). The number of aryl methyl sites for hydroxylation is 1. The lowest BCUT2D eigenvalue weighted by Gasteiger charge is -1.95. The van der Waals surface area contributed by atoms with Gasteiger partial charge in [0, 0.05) is 16.6 Å². The molecule has 1 aromatic carbocycles. The molecule has 0 aliphatic carbocycles. The minimum Gasteiger partial charge on any atom is -0.475 e. The predicted octanol–water partition coefficient (Wildman–Crippen LogP) is 1.88. The molecule has 0 atom stereocenters. The van der Waals surface area contributed by atoms with Crippen LogP contribution in [0.15, 0.2) is 18.2 Å². The average molecular weight is 221 g/mol. The Balaban J connectivity index is 2.77. The topological polar surface area (TPSA) is 70.2 Å². The van der Waals surface area contributed by atoms with Gasteiger partial charge in [0.25, 0.3) is 5.78 Å². The number of hydrogen-bond acceptors (Lipinski definition) is 2. The number of nitrogens with one attached hydrogen (secondary N) is 1. The summed E-state index contributed by atoms with van der Waals surface area (Å²) in [4.78, 5) is 24.9. The summed E-state index contributed by atoms with van der Waals surface area (Å²) < 4.78 is 13.0. The van der Waals surface area contributed by atoms with Crippen LogP contribution in [0.25, 0.3) is 10.9 Å². The number of fused-ring (bicyclic) bond motifs is 1. The molecule has 1 aromatic heterocycles. The first-order chi connectivity index (χ1) is 7.50. The Labute approximate surface area is 89.7 Å². The van der Waals surface area contributed by atoms with Crippen molar-refractivity contribution in [2.75, 3.05) is 0 Å². The van der Waals surface area contributed by atoms with E-state index in [0.717, 1.165) is 6.07 Å². The van der Waals surface area contributed by atoms with Crippen molar-refractivity contribution in [1.29, 1.82) is 0 Å². The molecule has 0 bridgehead atoms. The Morgan fingerprint density at radius 3 is 2.69 bits per heavy atom. The van der Waals surface area contributed by atoms with E-state index in [0.29, 0.717) is 16.6 Å². The summed E-state index contributed by atoms with van der Waals surface area (Å²) in [5, 5.41) is 8.95. The quantitative estimate of drug-likeness (QED) is 0.600. The van der Waals surface area contributed by atoms with Gasteiger partial charge in [-0.15, -0.1) is 0 Å². The smallest absolute Gasteiger partial charge is 0.377 e. The van der Waals surface area contributed by atoms with E-state index < -0.39 is 17.6 Å². The maximum atomic E-state index is 13.0. The Bertz CT molecular complexity index is 601. The number of rotatable bonds is 2. The minimum absolute atomic E-state index is 0.0157. The molecule has 0 aliphatic rings. The van der Waals surface area contributed by atoms with Crippen LogP contribution in [0.2, 0.25) is 0 Å². The van der Waals surface area contributed by atoms with E-state index in [1.165, 1.54) is 12.1 Å². The lowest BCUT2D eigenvalue weighted by molar-refractivity contribution is -0.131. The van der Waals surface area contributed by atoms with Crippen LogP contribution in [-0.2, 0) is 4.79 Å². The number of ketones is 1. The number of benzene rings is 1. The van der Waals surface area contributed by atoms with Crippen molar-refractivity contribution in [1.82, 2.24) is 4.98 Å². The third-order valence-corrected chi connectivity index (χ3v) is 2.37. The lowest BCUT2D eigenvalue weighted by atomic mass is 10.1. The average Bonchev–Trinajstić information content (AvgIpc) is 2.52. The molecule has 16 heavy (non-hydrogen) atoms. The van der Waals surface area contributed by atoms with Crippen molar-refractivity contribution in [3.63, 3.8) is 0 Å². The highest BCUT2D eigenvalue weighted by Gasteiger charge is 2.21. The van der Waals surface area contributed by atoms with Crippen LogP contribution >= 0.6 is 0 Å².